The molecule has 0 spiro atoms. The summed E-state index contributed by atoms with van der Waals surface area (Å²) in [7, 11) is 1.40. The van der Waals surface area contributed by atoms with Crippen molar-refractivity contribution in [3.8, 4) is 0 Å². The van der Waals surface area contributed by atoms with Crippen LogP contribution in [0.5, 0.6) is 0 Å². The zero-order chi connectivity index (χ0) is 13.8. The normalized spacial score (nSPS) is 13.4. The van der Waals surface area contributed by atoms with E-state index in [4.69, 9.17) is 4.74 Å². The Kier molecular flexibility index (Phi) is 5.28. The van der Waals surface area contributed by atoms with Gasteiger partial charge in [0.1, 0.15) is 6.04 Å². The molecule has 0 aliphatic heterocycles. The van der Waals surface area contributed by atoms with Crippen LogP contribution in [0, 0.1) is 0 Å². The molecule has 0 fully saturated rings. The number of esters is 1. The van der Waals surface area contributed by atoms with E-state index in [0.29, 0.717) is 0 Å². The van der Waals surface area contributed by atoms with Gasteiger partial charge in [0.2, 0.25) is 0 Å². The molecule has 0 saturated carbocycles. The number of ether oxygens (including phenoxy) is 1. The number of thiazole rings is 1. The van der Waals surface area contributed by atoms with Crippen LogP contribution in [0.15, 0.2) is 5.38 Å². The van der Waals surface area contributed by atoms with E-state index >= 15 is 0 Å². The Hall–Kier alpha value is -0.940. The lowest BCUT2D eigenvalue weighted by Crippen LogP contribution is -2.30. The Morgan fingerprint density at radius 2 is 2.22 bits per heavy atom. The Bertz CT molecular complexity index is 396. The van der Waals surface area contributed by atoms with Gasteiger partial charge in [0.25, 0.3) is 0 Å². The molecule has 0 saturated heterocycles. The Balaban J connectivity index is 2.91. The highest BCUT2D eigenvalue weighted by atomic mass is 32.1. The standard InChI is InChI=1S/C13H22N2O2S/c1-6-7-14-10(11(16)17-5)9-8-18-12(15-9)13(2,3)4/h8,10,14H,6-7H2,1-5H3. The first-order valence-electron chi connectivity index (χ1n) is 6.17. The van der Waals surface area contributed by atoms with Crippen molar-refractivity contribution in [3.05, 3.63) is 16.1 Å². The van der Waals surface area contributed by atoms with E-state index in [-0.39, 0.29) is 11.4 Å². The minimum Gasteiger partial charge on any atom is -0.468 e. The van der Waals surface area contributed by atoms with Crippen LogP contribution in [0.3, 0.4) is 0 Å². The predicted molar refractivity (Wildman–Crippen MR) is 73.9 cm³/mol. The average molecular weight is 270 g/mol. The SMILES string of the molecule is CCCNC(C(=O)OC)c1csc(C(C)(C)C)n1. The summed E-state index contributed by atoms with van der Waals surface area (Å²) in [6.45, 7) is 9.16. The van der Waals surface area contributed by atoms with Crippen molar-refractivity contribution in [2.75, 3.05) is 13.7 Å². The molecule has 1 heterocycles. The molecule has 0 amide bonds. The third kappa shape index (κ3) is 3.78. The van der Waals surface area contributed by atoms with Crippen molar-refractivity contribution >= 4 is 17.3 Å². The summed E-state index contributed by atoms with van der Waals surface area (Å²) in [6, 6.07) is -0.456. The van der Waals surface area contributed by atoms with E-state index in [1.165, 1.54) is 7.11 Å². The van der Waals surface area contributed by atoms with E-state index < -0.39 is 6.04 Å². The van der Waals surface area contributed by atoms with Gasteiger partial charge in [0, 0.05) is 10.8 Å². The van der Waals surface area contributed by atoms with Crippen LogP contribution in [-0.4, -0.2) is 24.6 Å². The van der Waals surface area contributed by atoms with Crippen molar-refractivity contribution in [2.24, 2.45) is 0 Å². The molecular formula is C13H22N2O2S. The Morgan fingerprint density at radius 3 is 2.67 bits per heavy atom. The van der Waals surface area contributed by atoms with Gasteiger partial charge in [0.05, 0.1) is 17.8 Å². The summed E-state index contributed by atoms with van der Waals surface area (Å²) < 4.78 is 4.82. The summed E-state index contributed by atoms with van der Waals surface area (Å²) in [5.41, 5.74) is 0.763. The fraction of sp³-hybridized carbons (Fsp3) is 0.692. The molecular weight excluding hydrogens is 248 g/mol. The van der Waals surface area contributed by atoms with Crippen molar-refractivity contribution in [1.82, 2.24) is 10.3 Å². The highest BCUT2D eigenvalue weighted by Crippen LogP contribution is 2.28. The lowest BCUT2D eigenvalue weighted by molar-refractivity contribution is -0.143. The summed E-state index contributed by atoms with van der Waals surface area (Å²) >= 11 is 1.59. The van der Waals surface area contributed by atoms with E-state index in [2.05, 4.69) is 38.0 Å². The number of nitrogens with one attached hydrogen (secondary N) is 1. The van der Waals surface area contributed by atoms with Gasteiger partial charge >= 0.3 is 5.97 Å². The third-order valence-electron chi connectivity index (χ3n) is 2.49. The van der Waals surface area contributed by atoms with E-state index in [9.17, 15) is 4.79 Å². The van der Waals surface area contributed by atoms with Crippen molar-refractivity contribution in [1.29, 1.82) is 0 Å². The van der Waals surface area contributed by atoms with Crippen molar-refractivity contribution in [2.45, 2.75) is 45.6 Å². The number of hydrogen-bond donors (Lipinski definition) is 1. The largest absolute Gasteiger partial charge is 0.468 e. The average Bonchev–Trinajstić information content (AvgIpc) is 2.78. The van der Waals surface area contributed by atoms with Crippen LogP contribution in [0.4, 0.5) is 0 Å². The lowest BCUT2D eigenvalue weighted by atomic mass is 9.98. The van der Waals surface area contributed by atoms with E-state index in [1.54, 1.807) is 11.3 Å². The van der Waals surface area contributed by atoms with Gasteiger partial charge < -0.3 is 4.74 Å². The summed E-state index contributed by atoms with van der Waals surface area (Å²) in [5.74, 6) is -0.283. The second-order valence-electron chi connectivity index (χ2n) is 5.24. The molecule has 1 atom stereocenters. The maximum atomic E-state index is 11.8. The number of aromatic nitrogens is 1. The van der Waals surface area contributed by atoms with Crippen LogP contribution in [-0.2, 0) is 14.9 Å². The molecule has 1 aromatic heterocycles. The Labute approximate surface area is 113 Å². The molecule has 102 valence electrons. The summed E-state index contributed by atoms with van der Waals surface area (Å²) in [5, 5.41) is 6.14. The van der Waals surface area contributed by atoms with Gasteiger partial charge in [-0.15, -0.1) is 11.3 Å². The van der Waals surface area contributed by atoms with Gasteiger partial charge in [-0.25, -0.2) is 9.78 Å². The van der Waals surface area contributed by atoms with Gasteiger partial charge in [-0.05, 0) is 13.0 Å². The molecule has 1 aromatic rings. The van der Waals surface area contributed by atoms with Crippen molar-refractivity contribution in [3.63, 3.8) is 0 Å². The number of carbonyl (C=O) groups is 1. The molecule has 0 aliphatic rings. The molecule has 4 nitrogen and oxygen atoms in total. The zero-order valence-electron chi connectivity index (χ0n) is 11.7. The fourth-order valence-corrected chi connectivity index (χ4v) is 2.41. The summed E-state index contributed by atoms with van der Waals surface area (Å²) in [4.78, 5) is 16.3. The maximum absolute atomic E-state index is 11.8. The van der Waals surface area contributed by atoms with Crippen LogP contribution in [0.25, 0.3) is 0 Å². The molecule has 0 bridgehead atoms. The van der Waals surface area contributed by atoms with Gasteiger partial charge in [-0.3, -0.25) is 5.32 Å². The second kappa shape index (κ2) is 6.29. The van der Waals surface area contributed by atoms with Crippen LogP contribution in [0.2, 0.25) is 0 Å². The topological polar surface area (TPSA) is 51.2 Å². The highest BCUT2D eigenvalue weighted by molar-refractivity contribution is 7.09. The first kappa shape index (κ1) is 15.1. The van der Waals surface area contributed by atoms with E-state index in [1.807, 2.05) is 5.38 Å². The fourth-order valence-electron chi connectivity index (χ4n) is 1.48. The van der Waals surface area contributed by atoms with Gasteiger partial charge in [-0.2, -0.15) is 0 Å². The van der Waals surface area contributed by atoms with Crippen LogP contribution < -0.4 is 5.32 Å². The minimum absolute atomic E-state index is 0.00828. The predicted octanol–water partition coefficient (Wildman–Crippen LogP) is 2.65. The summed E-state index contributed by atoms with van der Waals surface area (Å²) in [6.07, 6.45) is 0.962. The second-order valence-corrected chi connectivity index (χ2v) is 6.10. The number of nitrogens with zero attached hydrogens (tertiary/aromatic N) is 1. The molecule has 0 radical (unpaired) electrons. The molecule has 5 heteroatoms. The smallest absolute Gasteiger partial charge is 0.329 e. The number of hydrogen-bond acceptors (Lipinski definition) is 5. The van der Waals surface area contributed by atoms with Gasteiger partial charge in [0.15, 0.2) is 0 Å². The Morgan fingerprint density at radius 1 is 1.56 bits per heavy atom. The molecule has 1 N–H and O–H groups in total. The minimum atomic E-state index is -0.456. The zero-order valence-corrected chi connectivity index (χ0v) is 12.6. The quantitative estimate of drug-likeness (QED) is 0.836. The first-order chi connectivity index (χ1) is 8.40. The third-order valence-corrected chi connectivity index (χ3v) is 3.78. The van der Waals surface area contributed by atoms with Crippen molar-refractivity contribution < 1.29 is 9.53 Å². The van der Waals surface area contributed by atoms with Crippen LogP contribution >= 0.6 is 11.3 Å². The number of carbonyl (C=O) groups excluding carboxylic acids is 1. The number of rotatable bonds is 5. The molecule has 1 rings (SSSR count). The lowest BCUT2D eigenvalue weighted by Gasteiger charge is -2.16. The molecule has 18 heavy (non-hydrogen) atoms. The molecule has 1 unspecified atom stereocenters. The molecule has 0 aliphatic carbocycles. The first-order valence-corrected chi connectivity index (χ1v) is 7.05. The monoisotopic (exact) mass is 270 g/mol. The highest BCUT2D eigenvalue weighted by Gasteiger charge is 2.26. The number of methoxy groups -OCH3 is 1. The molecule has 0 aromatic carbocycles. The van der Waals surface area contributed by atoms with Gasteiger partial charge in [-0.1, -0.05) is 27.7 Å². The van der Waals surface area contributed by atoms with Crippen LogP contribution in [0.1, 0.15) is 50.9 Å². The maximum Gasteiger partial charge on any atom is 0.329 e. The van der Waals surface area contributed by atoms with E-state index in [0.717, 1.165) is 23.7 Å².